The standard InChI is InChI=1S/C17H19NO6/c1-23-15(19)14-11-13(12-7-3-2-4-8-12)16(18(21)22)9-5-6-10-17(16,20)24-14/h2-4,7-8,11,13,20H,5-6,9-10H2,1H3/t13-,16-,17+/m1/s1. The highest BCUT2D eigenvalue weighted by atomic mass is 16.7. The molecule has 1 heterocycles. The highest BCUT2D eigenvalue weighted by Crippen LogP contribution is 2.53. The molecule has 1 fully saturated rings. The minimum Gasteiger partial charge on any atom is -0.463 e. The third kappa shape index (κ3) is 2.27. The van der Waals surface area contributed by atoms with Gasteiger partial charge in [-0.25, -0.2) is 4.79 Å². The molecule has 3 atom stereocenters. The Morgan fingerprint density at radius 2 is 2.00 bits per heavy atom. The van der Waals surface area contributed by atoms with Gasteiger partial charge in [-0.2, -0.15) is 0 Å². The van der Waals surface area contributed by atoms with Gasteiger partial charge in [0.1, 0.15) is 0 Å². The van der Waals surface area contributed by atoms with Gasteiger partial charge in [-0.1, -0.05) is 30.3 Å². The van der Waals surface area contributed by atoms with E-state index in [4.69, 9.17) is 4.74 Å². The van der Waals surface area contributed by atoms with E-state index < -0.39 is 28.1 Å². The van der Waals surface area contributed by atoms with Crippen LogP contribution in [0.5, 0.6) is 0 Å². The van der Waals surface area contributed by atoms with Crippen LogP contribution >= 0.6 is 0 Å². The summed E-state index contributed by atoms with van der Waals surface area (Å²) >= 11 is 0. The largest absolute Gasteiger partial charge is 0.463 e. The lowest BCUT2D eigenvalue weighted by Gasteiger charge is -2.48. The minimum absolute atomic E-state index is 0.0889. The molecule has 1 saturated carbocycles. The Hall–Kier alpha value is -2.41. The average molecular weight is 333 g/mol. The maximum absolute atomic E-state index is 12.1. The Bertz CT molecular complexity index is 688. The summed E-state index contributed by atoms with van der Waals surface area (Å²) in [4.78, 5) is 23.6. The first-order valence-corrected chi connectivity index (χ1v) is 7.85. The molecule has 0 aromatic heterocycles. The molecule has 7 heteroatoms. The van der Waals surface area contributed by atoms with Gasteiger partial charge in [-0.05, 0) is 24.5 Å². The van der Waals surface area contributed by atoms with E-state index in [9.17, 15) is 20.0 Å². The van der Waals surface area contributed by atoms with Crippen LogP contribution in [0.15, 0.2) is 42.2 Å². The van der Waals surface area contributed by atoms with Crippen LogP contribution in [-0.2, 0) is 14.3 Å². The maximum atomic E-state index is 12.1. The van der Waals surface area contributed by atoms with Crippen LogP contribution in [-0.4, -0.2) is 34.4 Å². The Balaban J connectivity index is 2.22. The van der Waals surface area contributed by atoms with E-state index in [-0.39, 0.29) is 18.6 Å². The second-order valence-corrected chi connectivity index (χ2v) is 6.19. The topological polar surface area (TPSA) is 98.9 Å². The maximum Gasteiger partial charge on any atom is 0.373 e. The van der Waals surface area contributed by atoms with E-state index >= 15 is 0 Å². The normalized spacial score (nSPS) is 32.1. The number of hydrogen-bond donors (Lipinski definition) is 1. The van der Waals surface area contributed by atoms with Crippen molar-refractivity contribution in [1.29, 1.82) is 0 Å². The van der Waals surface area contributed by atoms with Gasteiger partial charge in [-0.3, -0.25) is 10.1 Å². The molecule has 1 aromatic carbocycles. The van der Waals surface area contributed by atoms with Crippen LogP contribution in [0.2, 0.25) is 0 Å². The molecule has 1 aliphatic heterocycles. The van der Waals surface area contributed by atoms with Crippen LogP contribution in [0.1, 0.15) is 37.2 Å². The molecule has 0 unspecified atom stereocenters. The van der Waals surface area contributed by atoms with Gasteiger partial charge in [0, 0.05) is 17.8 Å². The molecule has 0 amide bonds. The van der Waals surface area contributed by atoms with Gasteiger partial charge in [0.05, 0.1) is 13.0 Å². The fourth-order valence-corrected chi connectivity index (χ4v) is 3.80. The van der Waals surface area contributed by atoms with Crippen molar-refractivity contribution in [3.05, 3.63) is 57.8 Å². The Kier molecular flexibility index (Phi) is 4.04. The quantitative estimate of drug-likeness (QED) is 0.517. The first kappa shape index (κ1) is 16.4. The predicted octanol–water partition coefficient (Wildman–Crippen LogP) is 2.14. The fraction of sp³-hybridized carbons (Fsp3) is 0.471. The van der Waals surface area contributed by atoms with Gasteiger partial charge in [0.2, 0.25) is 5.76 Å². The van der Waals surface area contributed by atoms with Crippen molar-refractivity contribution in [1.82, 2.24) is 0 Å². The van der Waals surface area contributed by atoms with E-state index in [2.05, 4.69) is 4.74 Å². The van der Waals surface area contributed by atoms with Crippen molar-refractivity contribution in [2.24, 2.45) is 0 Å². The second kappa shape index (κ2) is 5.90. The summed E-state index contributed by atoms with van der Waals surface area (Å²) in [6.07, 6.45) is 2.86. The van der Waals surface area contributed by atoms with Crippen molar-refractivity contribution < 1.29 is 24.3 Å². The molecule has 1 aromatic rings. The number of rotatable bonds is 3. The zero-order valence-electron chi connectivity index (χ0n) is 13.3. The van der Waals surface area contributed by atoms with Gasteiger partial charge in [0.25, 0.3) is 11.3 Å². The average Bonchev–Trinajstić information content (AvgIpc) is 2.59. The summed E-state index contributed by atoms with van der Waals surface area (Å²) in [6.45, 7) is 0. The monoisotopic (exact) mass is 333 g/mol. The van der Waals surface area contributed by atoms with E-state index in [1.165, 1.54) is 13.2 Å². The van der Waals surface area contributed by atoms with Crippen molar-refractivity contribution in [2.75, 3.05) is 7.11 Å². The lowest BCUT2D eigenvalue weighted by molar-refractivity contribution is -0.623. The van der Waals surface area contributed by atoms with Crippen molar-refractivity contribution in [3.63, 3.8) is 0 Å². The van der Waals surface area contributed by atoms with Gasteiger partial charge in [0.15, 0.2) is 0 Å². The molecule has 2 aliphatic rings. The molecule has 0 radical (unpaired) electrons. The molecule has 0 saturated heterocycles. The Morgan fingerprint density at radius 1 is 1.33 bits per heavy atom. The van der Waals surface area contributed by atoms with E-state index in [1.54, 1.807) is 30.3 Å². The number of hydrogen-bond acceptors (Lipinski definition) is 6. The molecular formula is C17H19NO6. The van der Waals surface area contributed by atoms with E-state index in [0.717, 1.165) is 0 Å². The molecule has 24 heavy (non-hydrogen) atoms. The minimum atomic E-state index is -2.05. The third-order valence-electron chi connectivity index (χ3n) is 4.98. The van der Waals surface area contributed by atoms with E-state index in [0.29, 0.717) is 18.4 Å². The van der Waals surface area contributed by atoms with Crippen molar-refractivity contribution >= 4 is 5.97 Å². The van der Waals surface area contributed by atoms with Crippen LogP contribution in [0, 0.1) is 10.1 Å². The molecule has 1 N–H and O–H groups in total. The third-order valence-corrected chi connectivity index (χ3v) is 4.98. The van der Waals surface area contributed by atoms with Gasteiger partial charge in [-0.15, -0.1) is 0 Å². The lowest BCUT2D eigenvalue weighted by Crippen LogP contribution is -2.67. The number of aliphatic hydroxyl groups is 1. The summed E-state index contributed by atoms with van der Waals surface area (Å²) in [5, 5.41) is 23.1. The second-order valence-electron chi connectivity index (χ2n) is 6.19. The molecule has 7 nitrogen and oxygen atoms in total. The SMILES string of the molecule is COC(=O)C1=C[C@H](c2ccccc2)[C@]2([N+](=O)[O-])CCCC[C@]2(O)O1. The molecular weight excluding hydrogens is 314 g/mol. The number of fused-ring (bicyclic) bond motifs is 1. The number of ether oxygens (including phenoxy) is 2. The number of esters is 1. The summed E-state index contributed by atoms with van der Waals surface area (Å²) in [7, 11) is 1.20. The highest BCUT2D eigenvalue weighted by Gasteiger charge is 2.70. The molecule has 3 rings (SSSR count). The van der Waals surface area contributed by atoms with Gasteiger partial charge < -0.3 is 14.6 Å². The number of carbonyl (C=O) groups excluding carboxylic acids is 1. The van der Waals surface area contributed by atoms with Gasteiger partial charge >= 0.3 is 5.97 Å². The number of nitrogens with zero attached hydrogens (tertiary/aromatic N) is 1. The summed E-state index contributed by atoms with van der Waals surface area (Å²) in [6, 6.07) is 8.85. The van der Waals surface area contributed by atoms with Crippen molar-refractivity contribution in [2.45, 2.75) is 42.9 Å². The fourth-order valence-electron chi connectivity index (χ4n) is 3.80. The van der Waals surface area contributed by atoms with Crippen LogP contribution < -0.4 is 0 Å². The molecule has 1 aliphatic carbocycles. The number of carbonyl (C=O) groups is 1. The number of benzene rings is 1. The summed E-state index contributed by atoms with van der Waals surface area (Å²) < 4.78 is 10.1. The number of methoxy groups -OCH3 is 1. The summed E-state index contributed by atoms with van der Waals surface area (Å²) in [5.74, 6) is -3.78. The first-order valence-electron chi connectivity index (χ1n) is 7.85. The zero-order chi connectivity index (χ0) is 17.4. The predicted molar refractivity (Wildman–Crippen MR) is 83.5 cm³/mol. The Morgan fingerprint density at radius 3 is 2.62 bits per heavy atom. The molecule has 0 spiro atoms. The molecule has 128 valence electrons. The van der Waals surface area contributed by atoms with Crippen LogP contribution in [0.25, 0.3) is 0 Å². The van der Waals surface area contributed by atoms with Crippen LogP contribution in [0.3, 0.4) is 0 Å². The van der Waals surface area contributed by atoms with Crippen molar-refractivity contribution in [3.8, 4) is 0 Å². The van der Waals surface area contributed by atoms with E-state index in [1.807, 2.05) is 0 Å². The molecule has 0 bridgehead atoms. The summed E-state index contributed by atoms with van der Waals surface area (Å²) in [5.41, 5.74) is -1.08. The van der Waals surface area contributed by atoms with Crippen LogP contribution in [0.4, 0.5) is 0 Å². The zero-order valence-corrected chi connectivity index (χ0v) is 13.3. The Labute approximate surface area is 139 Å². The first-order chi connectivity index (χ1) is 11.4. The highest BCUT2D eigenvalue weighted by molar-refractivity contribution is 5.86. The smallest absolute Gasteiger partial charge is 0.373 e. The lowest BCUT2D eigenvalue weighted by atomic mass is 9.65. The number of nitro groups is 1.